The van der Waals surface area contributed by atoms with Crippen molar-refractivity contribution in [3.63, 3.8) is 0 Å². The number of alkyl carbamates (subject to hydrolysis) is 1. The molecule has 0 saturated carbocycles. The number of carboxylic acids is 1. The molecule has 1 aromatic carbocycles. The highest BCUT2D eigenvalue weighted by Crippen LogP contribution is 2.31. The molecule has 0 aliphatic carbocycles. The summed E-state index contributed by atoms with van der Waals surface area (Å²) in [5.41, 5.74) is -0.613. The number of rotatable bonds is 6. The van der Waals surface area contributed by atoms with Crippen LogP contribution in [0.2, 0.25) is 0 Å². The van der Waals surface area contributed by atoms with Gasteiger partial charge in [0.15, 0.2) is 0 Å². The second kappa shape index (κ2) is 7.90. The number of carboxylic acid groups (broad SMARTS) is 1. The van der Waals surface area contributed by atoms with E-state index in [4.69, 9.17) is 9.15 Å². The van der Waals surface area contributed by atoms with Gasteiger partial charge < -0.3 is 19.6 Å². The summed E-state index contributed by atoms with van der Waals surface area (Å²) in [6.07, 6.45) is -1.00. The number of furan rings is 1. The topological polar surface area (TPSA) is 132 Å². The summed E-state index contributed by atoms with van der Waals surface area (Å²) in [6.45, 7) is 4.98. The number of carbonyl (C=O) groups excluding carboxylic acids is 1. The lowest BCUT2D eigenvalue weighted by Gasteiger charge is -2.21. The summed E-state index contributed by atoms with van der Waals surface area (Å²) < 4.78 is 10.6. The maximum Gasteiger partial charge on any atom is 0.408 e. The number of nitro benzene ring substituents is 1. The lowest BCUT2D eigenvalue weighted by molar-refractivity contribution is -0.384. The summed E-state index contributed by atoms with van der Waals surface area (Å²) in [7, 11) is 0. The highest BCUT2D eigenvalue weighted by Gasteiger charge is 2.26. The molecule has 0 fully saturated rings. The molecule has 1 heterocycles. The molecule has 1 amide bonds. The van der Waals surface area contributed by atoms with Gasteiger partial charge in [0.25, 0.3) is 5.69 Å². The van der Waals surface area contributed by atoms with E-state index >= 15 is 0 Å². The molecule has 2 N–H and O–H groups in total. The van der Waals surface area contributed by atoms with Crippen LogP contribution in [0.4, 0.5) is 10.5 Å². The van der Waals surface area contributed by atoms with E-state index in [0.29, 0.717) is 0 Å². The minimum absolute atomic E-state index is 0.125. The van der Waals surface area contributed by atoms with Crippen molar-refractivity contribution >= 4 is 17.7 Å². The number of ether oxygens (including phenoxy) is 1. The SMILES string of the molecule is CC(C)(C)OC(=O)NC(Cc1ccc(-c2ccccc2[N+](=O)[O-])o1)C(=O)O. The number of nitrogens with one attached hydrogen (secondary N) is 1. The minimum atomic E-state index is -1.27. The molecule has 9 nitrogen and oxygen atoms in total. The van der Waals surface area contributed by atoms with Crippen LogP contribution in [0.5, 0.6) is 0 Å². The molecular formula is C18H20N2O7. The van der Waals surface area contributed by atoms with Crippen LogP contribution < -0.4 is 5.32 Å². The van der Waals surface area contributed by atoms with Crippen molar-refractivity contribution in [3.8, 4) is 11.3 Å². The Balaban J connectivity index is 2.16. The van der Waals surface area contributed by atoms with E-state index in [-0.39, 0.29) is 29.2 Å². The van der Waals surface area contributed by atoms with Gasteiger partial charge in [-0.1, -0.05) is 12.1 Å². The summed E-state index contributed by atoms with van der Waals surface area (Å²) in [6, 6.07) is 7.81. The van der Waals surface area contributed by atoms with Crippen molar-refractivity contribution in [2.75, 3.05) is 0 Å². The molecule has 0 spiro atoms. The average molecular weight is 376 g/mol. The Hall–Kier alpha value is -3.36. The lowest BCUT2D eigenvalue weighted by Crippen LogP contribution is -2.44. The number of benzene rings is 1. The lowest BCUT2D eigenvalue weighted by atomic mass is 10.1. The first-order chi connectivity index (χ1) is 12.6. The third kappa shape index (κ3) is 5.56. The smallest absolute Gasteiger partial charge is 0.408 e. The van der Waals surface area contributed by atoms with E-state index in [2.05, 4.69) is 5.32 Å². The van der Waals surface area contributed by atoms with Gasteiger partial charge in [-0.2, -0.15) is 0 Å². The van der Waals surface area contributed by atoms with Crippen molar-refractivity contribution in [2.45, 2.75) is 38.8 Å². The molecule has 27 heavy (non-hydrogen) atoms. The highest BCUT2D eigenvalue weighted by molar-refractivity contribution is 5.80. The van der Waals surface area contributed by atoms with E-state index in [9.17, 15) is 24.8 Å². The van der Waals surface area contributed by atoms with Crippen molar-refractivity contribution in [1.82, 2.24) is 5.32 Å². The number of hydrogen-bond acceptors (Lipinski definition) is 6. The fraction of sp³-hybridized carbons (Fsp3) is 0.333. The minimum Gasteiger partial charge on any atom is -0.480 e. The molecule has 0 radical (unpaired) electrons. The second-order valence-corrected chi connectivity index (χ2v) is 6.78. The number of nitrogens with zero attached hydrogens (tertiary/aromatic N) is 1. The fourth-order valence-corrected chi connectivity index (χ4v) is 2.32. The molecule has 2 rings (SSSR count). The number of para-hydroxylation sites is 1. The quantitative estimate of drug-likeness (QED) is 0.583. The van der Waals surface area contributed by atoms with Crippen LogP contribution in [0.3, 0.4) is 0 Å². The van der Waals surface area contributed by atoms with Crippen molar-refractivity contribution in [3.05, 3.63) is 52.3 Å². The zero-order valence-electron chi connectivity index (χ0n) is 15.1. The van der Waals surface area contributed by atoms with E-state index in [1.165, 1.54) is 30.3 Å². The van der Waals surface area contributed by atoms with Gasteiger partial charge in [0.2, 0.25) is 0 Å². The summed E-state index contributed by atoms with van der Waals surface area (Å²) in [5, 5.41) is 22.7. The summed E-state index contributed by atoms with van der Waals surface area (Å²) in [4.78, 5) is 33.8. The molecule has 2 aromatic rings. The molecule has 0 aliphatic heterocycles. The Kier molecular flexibility index (Phi) is 5.84. The molecule has 0 aliphatic rings. The predicted molar refractivity (Wildman–Crippen MR) is 95.3 cm³/mol. The Morgan fingerprint density at radius 2 is 1.93 bits per heavy atom. The normalized spacial score (nSPS) is 12.3. The van der Waals surface area contributed by atoms with Crippen LogP contribution in [0, 0.1) is 10.1 Å². The van der Waals surface area contributed by atoms with Gasteiger partial charge in [-0.3, -0.25) is 10.1 Å². The van der Waals surface area contributed by atoms with Crippen LogP contribution in [0.25, 0.3) is 11.3 Å². The molecule has 1 aromatic heterocycles. The number of aliphatic carboxylic acids is 1. The van der Waals surface area contributed by atoms with Crippen molar-refractivity contribution < 1.29 is 28.8 Å². The number of amides is 1. The zero-order chi connectivity index (χ0) is 20.2. The van der Waals surface area contributed by atoms with Crippen LogP contribution >= 0.6 is 0 Å². The van der Waals surface area contributed by atoms with Gasteiger partial charge in [-0.15, -0.1) is 0 Å². The van der Waals surface area contributed by atoms with Gasteiger partial charge in [-0.25, -0.2) is 9.59 Å². The standard InChI is InChI=1S/C18H20N2O7/c1-18(2,3)27-17(23)19-13(16(21)22)10-11-8-9-15(26-11)12-6-4-5-7-14(12)20(24)25/h4-9,13H,10H2,1-3H3,(H,19,23)(H,21,22). The van der Waals surface area contributed by atoms with Crippen LogP contribution in [-0.2, 0) is 16.0 Å². The van der Waals surface area contributed by atoms with Crippen LogP contribution in [0.1, 0.15) is 26.5 Å². The molecular weight excluding hydrogens is 356 g/mol. The third-order valence-corrected chi connectivity index (χ3v) is 3.42. The molecule has 0 saturated heterocycles. The van der Waals surface area contributed by atoms with Gasteiger partial charge in [0.05, 0.1) is 10.5 Å². The molecule has 1 atom stereocenters. The maximum atomic E-state index is 11.8. The monoisotopic (exact) mass is 376 g/mol. The van der Waals surface area contributed by atoms with Crippen molar-refractivity contribution in [1.29, 1.82) is 0 Å². The Morgan fingerprint density at radius 1 is 1.26 bits per heavy atom. The fourth-order valence-electron chi connectivity index (χ4n) is 2.32. The van der Waals surface area contributed by atoms with Gasteiger partial charge in [0, 0.05) is 12.5 Å². The van der Waals surface area contributed by atoms with Crippen LogP contribution in [0.15, 0.2) is 40.8 Å². The first-order valence-electron chi connectivity index (χ1n) is 8.11. The highest BCUT2D eigenvalue weighted by atomic mass is 16.6. The summed E-state index contributed by atoms with van der Waals surface area (Å²) >= 11 is 0. The van der Waals surface area contributed by atoms with Gasteiger partial charge in [-0.05, 0) is 39.0 Å². The molecule has 144 valence electrons. The van der Waals surface area contributed by atoms with Gasteiger partial charge >= 0.3 is 12.1 Å². The first kappa shape index (κ1) is 20.0. The zero-order valence-corrected chi connectivity index (χ0v) is 15.1. The van der Waals surface area contributed by atoms with E-state index in [1.54, 1.807) is 26.8 Å². The Bertz CT molecular complexity index is 851. The number of nitro groups is 1. The molecule has 1 unspecified atom stereocenters. The third-order valence-electron chi connectivity index (χ3n) is 3.42. The number of hydrogen-bond donors (Lipinski definition) is 2. The summed E-state index contributed by atoms with van der Waals surface area (Å²) in [5.74, 6) is -0.769. The Morgan fingerprint density at radius 3 is 2.52 bits per heavy atom. The first-order valence-corrected chi connectivity index (χ1v) is 8.11. The maximum absolute atomic E-state index is 11.8. The second-order valence-electron chi connectivity index (χ2n) is 6.78. The Labute approximate surface area is 155 Å². The van der Waals surface area contributed by atoms with Crippen molar-refractivity contribution in [2.24, 2.45) is 0 Å². The average Bonchev–Trinajstić information content (AvgIpc) is 3.00. The van der Waals surface area contributed by atoms with E-state index in [0.717, 1.165) is 0 Å². The van der Waals surface area contributed by atoms with E-state index in [1.807, 2.05) is 0 Å². The largest absolute Gasteiger partial charge is 0.480 e. The predicted octanol–water partition coefficient (Wildman–Crippen LogP) is 3.38. The van der Waals surface area contributed by atoms with Crippen LogP contribution in [-0.4, -0.2) is 33.7 Å². The molecule has 9 heteroatoms. The van der Waals surface area contributed by atoms with E-state index < -0.39 is 28.6 Å². The number of carbonyl (C=O) groups is 2. The van der Waals surface area contributed by atoms with Gasteiger partial charge in [0.1, 0.15) is 23.2 Å². The molecule has 0 bridgehead atoms.